The maximum absolute atomic E-state index is 11.8. The summed E-state index contributed by atoms with van der Waals surface area (Å²) in [4.78, 5) is 22.6. The van der Waals surface area contributed by atoms with Crippen LogP contribution in [0.2, 0.25) is 0 Å². The number of terminal acetylenes is 1. The van der Waals surface area contributed by atoms with Gasteiger partial charge >= 0.3 is 12.0 Å². The van der Waals surface area contributed by atoms with Gasteiger partial charge in [0.15, 0.2) is 0 Å². The molecule has 108 valence electrons. The number of benzene rings is 1. The van der Waals surface area contributed by atoms with Crippen LogP contribution in [-0.4, -0.2) is 30.3 Å². The van der Waals surface area contributed by atoms with Gasteiger partial charge in [0.05, 0.1) is 24.4 Å². The van der Waals surface area contributed by atoms with Crippen LogP contribution in [0.25, 0.3) is 0 Å². The second kappa shape index (κ2) is 7.41. The third-order valence-corrected chi connectivity index (χ3v) is 2.50. The molecular weight excluding hydrogens is 274 g/mol. The lowest BCUT2D eigenvalue weighted by Crippen LogP contribution is -2.42. The highest BCUT2D eigenvalue weighted by molar-refractivity contribution is 5.93. The van der Waals surface area contributed by atoms with E-state index in [0.717, 1.165) is 0 Å². The fourth-order valence-electron chi connectivity index (χ4n) is 1.50. The molecule has 0 aliphatic carbocycles. The summed E-state index contributed by atoms with van der Waals surface area (Å²) in [6.45, 7) is 0. The number of carboxylic acid groups (broad SMARTS) is 1. The molecule has 0 bridgehead atoms. The molecule has 0 saturated carbocycles. The summed E-state index contributed by atoms with van der Waals surface area (Å²) >= 11 is 0. The number of carboxylic acids is 1. The van der Waals surface area contributed by atoms with Gasteiger partial charge in [0.1, 0.15) is 11.8 Å². The molecule has 1 unspecified atom stereocenters. The predicted octanol–water partition coefficient (Wildman–Crippen LogP) is 1.16. The normalized spacial score (nSPS) is 10.6. The van der Waals surface area contributed by atoms with E-state index in [1.807, 2.05) is 6.07 Å². The van der Waals surface area contributed by atoms with Crippen LogP contribution in [0.5, 0.6) is 5.75 Å². The number of ether oxygens (including phenoxy) is 1. The second-order valence-electron chi connectivity index (χ2n) is 3.92. The SMILES string of the molecule is C#CCC(NC(=O)Nc1ccc(C#N)cc1OC)C(=O)O. The molecule has 0 radical (unpaired) electrons. The smallest absolute Gasteiger partial charge is 0.327 e. The van der Waals surface area contributed by atoms with Gasteiger partial charge in [-0.3, -0.25) is 0 Å². The quantitative estimate of drug-likeness (QED) is 0.704. The van der Waals surface area contributed by atoms with Crippen LogP contribution in [0.15, 0.2) is 18.2 Å². The number of urea groups is 1. The highest BCUT2D eigenvalue weighted by atomic mass is 16.5. The Morgan fingerprint density at radius 3 is 2.76 bits per heavy atom. The largest absolute Gasteiger partial charge is 0.495 e. The Balaban J connectivity index is 2.82. The topological polar surface area (TPSA) is 111 Å². The number of nitrogens with zero attached hydrogens (tertiary/aromatic N) is 1. The van der Waals surface area contributed by atoms with E-state index in [4.69, 9.17) is 21.5 Å². The van der Waals surface area contributed by atoms with Crippen LogP contribution in [0.4, 0.5) is 10.5 Å². The zero-order chi connectivity index (χ0) is 15.8. The minimum absolute atomic E-state index is 0.132. The Morgan fingerprint density at radius 1 is 1.52 bits per heavy atom. The number of amides is 2. The van der Waals surface area contributed by atoms with Gasteiger partial charge in [-0.15, -0.1) is 12.3 Å². The Hall–Kier alpha value is -3.19. The minimum Gasteiger partial charge on any atom is -0.495 e. The zero-order valence-corrected chi connectivity index (χ0v) is 11.2. The number of aliphatic carboxylic acids is 1. The van der Waals surface area contributed by atoms with Crippen molar-refractivity contribution < 1.29 is 19.4 Å². The number of nitriles is 1. The summed E-state index contributed by atoms with van der Waals surface area (Å²) in [6, 6.07) is 4.45. The average Bonchev–Trinajstić information content (AvgIpc) is 2.47. The van der Waals surface area contributed by atoms with Crippen molar-refractivity contribution in [2.75, 3.05) is 12.4 Å². The Bertz CT molecular complexity index is 628. The fourth-order valence-corrected chi connectivity index (χ4v) is 1.50. The van der Waals surface area contributed by atoms with E-state index in [-0.39, 0.29) is 12.2 Å². The summed E-state index contributed by atoms with van der Waals surface area (Å²) in [5, 5.41) is 22.3. The van der Waals surface area contributed by atoms with Crippen LogP contribution in [-0.2, 0) is 4.79 Å². The molecule has 7 heteroatoms. The first-order valence-electron chi connectivity index (χ1n) is 5.83. The number of rotatable bonds is 5. The predicted molar refractivity (Wildman–Crippen MR) is 74.7 cm³/mol. The monoisotopic (exact) mass is 287 g/mol. The van der Waals surface area contributed by atoms with E-state index in [9.17, 15) is 9.59 Å². The van der Waals surface area contributed by atoms with E-state index < -0.39 is 18.0 Å². The number of hydrogen-bond donors (Lipinski definition) is 3. The number of carbonyl (C=O) groups excluding carboxylic acids is 1. The highest BCUT2D eigenvalue weighted by Crippen LogP contribution is 2.25. The van der Waals surface area contributed by atoms with Gasteiger partial charge in [-0.25, -0.2) is 9.59 Å². The number of hydrogen-bond acceptors (Lipinski definition) is 4. The first-order valence-corrected chi connectivity index (χ1v) is 5.83. The van der Waals surface area contributed by atoms with E-state index in [2.05, 4.69) is 16.6 Å². The van der Waals surface area contributed by atoms with Gasteiger partial charge in [-0.1, -0.05) is 0 Å². The number of methoxy groups -OCH3 is 1. The molecule has 2 amide bonds. The van der Waals surface area contributed by atoms with Crippen LogP contribution < -0.4 is 15.4 Å². The lowest BCUT2D eigenvalue weighted by molar-refractivity contribution is -0.139. The van der Waals surface area contributed by atoms with Crippen molar-refractivity contribution in [1.82, 2.24) is 5.32 Å². The molecule has 0 heterocycles. The van der Waals surface area contributed by atoms with Crippen molar-refractivity contribution in [3.05, 3.63) is 23.8 Å². The maximum atomic E-state index is 11.8. The van der Waals surface area contributed by atoms with E-state index in [1.54, 1.807) is 0 Å². The first kappa shape index (κ1) is 15.9. The zero-order valence-electron chi connectivity index (χ0n) is 11.2. The lowest BCUT2D eigenvalue weighted by Gasteiger charge is -2.14. The Labute approximate surface area is 121 Å². The van der Waals surface area contributed by atoms with Crippen molar-refractivity contribution in [1.29, 1.82) is 5.26 Å². The van der Waals surface area contributed by atoms with Crippen LogP contribution in [0.1, 0.15) is 12.0 Å². The third kappa shape index (κ3) is 4.44. The summed E-state index contributed by atoms with van der Waals surface area (Å²) in [6.07, 6.45) is 4.91. The van der Waals surface area contributed by atoms with Crippen molar-refractivity contribution in [3.8, 4) is 24.2 Å². The van der Waals surface area contributed by atoms with Crippen molar-refractivity contribution in [3.63, 3.8) is 0 Å². The molecule has 1 aromatic carbocycles. The van der Waals surface area contributed by atoms with Gasteiger partial charge in [-0.05, 0) is 12.1 Å². The molecule has 0 fully saturated rings. The van der Waals surface area contributed by atoms with Gasteiger partial charge in [0.25, 0.3) is 0 Å². The maximum Gasteiger partial charge on any atom is 0.327 e. The first-order chi connectivity index (χ1) is 10.0. The number of anilines is 1. The second-order valence-corrected chi connectivity index (χ2v) is 3.92. The molecule has 0 saturated heterocycles. The van der Waals surface area contributed by atoms with Crippen molar-refractivity contribution >= 4 is 17.7 Å². The molecule has 1 atom stereocenters. The number of carbonyl (C=O) groups is 2. The number of nitrogens with one attached hydrogen (secondary N) is 2. The van der Waals surface area contributed by atoms with Crippen LogP contribution in [0, 0.1) is 23.7 Å². The standard InChI is InChI=1S/C14H13N3O4/c1-3-4-11(13(18)19)17-14(20)16-10-6-5-9(8-15)7-12(10)21-2/h1,5-7,11H,4H2,2H3,(H,18,19)(H2,16,17,20). The molecule has 0 spiro atoms. The van der Waals surface area contributed by atoms with Gasteiger partial charge in [-0.2, -0.15) is 5.26 Å². The molecule has 7 nitrogen and oxygen atoms in total. The molecule has 0 aromatic heterocycles. The van der Waals surface area contributed by atoms with Crippen molar-refractivity contribution in [2.45, 2.75) is 12.5 Å². The van der Waals surface area contributed by atoms with Gasteiger partial charge < -0.3 is 20.5 Å². The summed E-state index contributed by atoms with van der Waals surface area (Å²) in [5.74, 6) is 1.23. The van der Waals surface area contributed by atoms with Crippen LogP contribution >= 0.6 is 0 Å². The molecule has 3 N–H and O–H groups in total. The Kier molecular flexibility index (Phi) is 5.60. The van der Waals surface area contributed by atoms with E-state index >= 15 is 0 Å². The summed E-state index contributed by atoms with van der Waals surface area (Å²) in [7, 11) is 1.39. The summed E-state index contributed by atoms with van der Waals surface area (Å²) < 4.78 is 5.05. The lowest BCUT2D eigenvalue weighted by atomic mass is 10.2. The van der Waals surface area contributed by atoms with Gasteiger partial charge in [0.2, 0.25) is 0 Å². The molecule has 0 aliphatic heterocycles. The third-order valence-electron chi connectivity index (χ3n) is 2.50. The van der Waals surface area contributed by atoms with E-state index in [0.29, 0.717) is 11.3 Å². The van der Waals surface area contributed by atoms with Crippen molar-refractivity contribution in [2.24, 2.45) is 0 Å². The molecule has 21 heavy (non-hydrogen) atoms. The molecule has 0 aliphatic rings. The van der Waals surface area contributed by atoms with Crippen LogP contribution in [0.3, 0.4) is 0 Å². The van der Waals surface area contributed by atoms with Gasteiger partial charge in [0, 0.05) is 12.5 Å². The molecule has 1 rings (SSSR count). The van der Waals surface area contributed by atoms with E-state index in [1.165, 1.54) is 25.3 Å². The summed E-state index contributed by atoms with van der Waals surface area (Å²) in [5.41, 5.74) is 0.674. The fraction of sp³-hybridized carbons (Fsp3) is 0.214. The Morgan fingerprint density at radius 2 is 2.24 bits per heavy atom. The average molecular weight is 287 g/mol. The molecule has 1 aromatic rings. The highest BCUT2D eigenvalue weighted by Gasteiger charge is 2.19. The molecular formula is C14H13N3O4. The minimum atomic E-state index is -1.23.